The van der Waals surface area contributed by atoms with Gasteiger partial charge in [-0.3, -0.25) is 9.59 Å². The number of carbonyl (C=O) groups is 2. The Morgan fingerprint density at radius 2 is 1.81 bits per heavy atom. The summed E-state index contributed by atoms with van der Waals surface area (Å²) in [7, 11) is 3.17. The number of hydrazone groups is 1. The lowest BCUT2D eigenvalue weighted by Gasteiger charge is -2.26. The van der Waals surface area contributed by atoms with Gasteiger partial charge < -0.3 is 14.4 Å². The van der Waals surface area contributed by atoms with Crippen molar-refractivity contribution in [3.63, 3.8) is 0 Å². The van der Waals surface area contributed by atoms with Crippen molar-refractivity contribution in [3.8, 4) is 5.75 Å². The first-order chi connectivity index (χ1) is 14.9. The molecule has 8 heteroatoms. The van der Waals surface area contributed by atoms with Crippen LogP contribution in [0.15, 0.2) is 53.6 Å². The van der Waals surface area contributed by atoms with Gasteiger partial charge in [-0.05, 0) is 47.5 Å². The first kappa shape index (κ1) is 22.8. The van der Waals surface area contributed by atoms with Crippen molar-refractivity contribution in [2.45, 2.75) is 19.4 Å². The van der Waals surface area contributed by atoms with E-state index >= 15 is 0 Å². The summed E-state index contributed by atoms with van der Waals surface area (Å²) in [6, 6.07) is 14.7. The number of ether oxygens (including phenoxy) is 2. The zero-order chi connectivity index (χ0) is 22.4. The number of methoxy groups -OCH3 is 2. The maximum absolute atomic E-state index is 13.2. The van der Waals surface area contributed by atoms with Crippen LogP contribution in [-0.4, -0.2) is 61.4 Å². The minimum atomic E-state index is -0.280. The van der Waals surface area contributed by atoms with E-state index < -0.39 is 0 Å². The van der Waals surface area contributed by atoms with E-state index in [1.165, 1.54) is 16.8 Å². The lowest BCUT2D eigenvalue weighted by atomic mass is 9.98. The molecule has 7 nitrogen and oxygen atoms in total. The second-order valence-corrected chi connectivity index (χ2v) is 7.65. The summed E-state index contributed by atoms with van der Waals surface area (Å²) in [5, 5.41) is 6.75. The van der Waals surface area contributed by atoms with Crippen LogP contribution in [0, 0.1) is 0 Å². The molecule has 1 atom stereocenters. The van der Waals surface area contributed by atoms with Crippen molar-refractivity contribution in [1.29, 1.82) is 0 Å². The maximum atomic E-state index is 13.2. The summed E-state index contributed by atoms with van der Waals surface area (Å²) in [5.41, 5.74) is 2.64. The Bertz CT molecular complexity index is 944. The molecule has 164 valence electrons. The molecular weight excluding hydrogens is 418 g/mol. The normalized spacial score (nSPS) is 15.5. The number of amides is 2. The number of hydrogen-bond acceptors (Lipinski definition) is 5. The van der Waals surface area contributed by atoms with E-state index in [0.29, 0.717) is 24.6 Å². The van der Waals surface area contributed by atoms with Gasteiger partial charge >= 0.3 is 0 Å². The van der Waals surface area contributed by atoms with Crippen LogP contribution in [0.4, 0.5) is 0 Å². The number of halogens is 1. The minimum Gasteiger partial charge on any atom is -0.497 e. The topological polar surface area (TPSA) is 71.4 Å². The SMILES string of the molecule is COCCN(CC(=O)N1N=C(c2ccc(OC)cc2)C[C@@H]1c1ccc(Cl)cc1)C(C)=O. The predicted molar refractivity (Wildman–Crippen MR) is 119 cm³/mol. The highest BCUT2D eigenvalue weighted by molar-refractivity contribution is 6.30. The Labute approximate surface area is 187 Å². The van der Waals surface area contributed by atoms with Crippen LogP contribution in [0.3, 0.4) is 0 Å². The molecule has 0 bridgehead atoms. The van der Waals surface area contributed by atoms with Gasteiger partial charge in [0.2, 0.25) is 5.91 Å². The molecule has 1 aliphatic rings. The molecule has 0 fully saturated rings. The predicted octanol–water partition coefficient (Wildman–Crippen LogP) is 3.52. The lowest BCUT2D eigenvalue weighted by molar-refractivity contribution is -0.141. The highest BCUT2D eigenvalue weighted by Crippen LogP contribution is 2.33. The minimum absolute atomic E-state index is 0.0673. The Morgan fingerprint density at radius 1 is 1.13 bits per heavy atom. The Kier molecular flexibility index (Phi) is 7.65. The van der Waals surface area contributed by atoms with Gasteiger partial charge in [-0.2, -0.15) is 5.10 Å². The fourth-order valence-corrected chi connectivity index (χ4v) is 3.55. The summed E-state index contributed by atoms with van der Waals surface area (Å²) in [5.74, 6) is 0.307. The Hall–Kier alpha value is -2.90. The molecule has 2 aromatic carbocycles. The molecule has 3 rings (SSSR count). The fraction of sp³-hybridized carbons (Fsp3) is 0.348. The van der Waals surface area contributed by atoms with E-state index in [-0.39, 0.29) is 24.4 Å². The fourth-order valence-electron chi connectivity index (χ4n) is 3.43. The highest BCUT2D eigenvalue weighted by Gasteiger charge is 2.34. The standard InChI is InChI=1S/C23H26ClN3O4/c1-16(28)26(12-13-30-2)15-23(29)27-22(18-4-8-19(24)9-5-18)14-21(25-27)17-6-10-20(31-3)11-7-17/h4-11,22H,12-15H2,1-3H3/t22-/m1/s1. The van der Waals surface area contributed by atoms with E-state index in [0.717, 1.165) is 22.6 Å². The van der Waals surface area contributed by atoms with Crippen LogP contribution in [0.1, 0.15) is 30.5 Å². The largest absolute Gasteiger partial charge is 0.497 e. The number of rotatable bonds is 8. The third-order valence-corrected chi connectivity index (χ3v) is 5.43. The van der Waals surface area contributed by atoms with E-state index in [1.54, 1.807) is 26.4 Å². The van der Waals surface area contributed by atoms with E-state index in [1.807, 2.05) is 36.4 Å². The Balaban J connectivity index is 1.88. The average Bonchev–Trinajstić information content (AvgIpc) is 3.22. The molecule has 0 N–H and O–H groups in total. The van der Waals surface area contributed by atoms with Crippen molar-refractivity contribution >= 4 is 29.1 Å². The molecule has 1 heterocycles. The van der Waals surface area contributed by atoms with Gasteiger partial charge in [0.1, 0.15) is 12.3 Å². The van der Waals surface area contributed by atoms with Gasteiger partial charge in [-0.1, -0.05) is 23.7 Å². The molecule has 0 saturated carbocycles. The summed E-state index contributed by atoms with van der Waals surface area (Å²) in [6.07, 6.45) is 0.553. The second kappa shape index (κ2) is 10.4. The van der Waals surface area contributed by atoms with Crippen LogP contribution < -0.4 is 4.74 Å². The molecule has 0 aromatic heterocycles. The second-order valence-electron chi connectivity index (χ2n) is 7.22. The van der Waals surface area contributed by atoms with E-state index in [9.17, 15) is 9.59 Å². The first-order valence-corrected chi connectivity index (χ1v) is 10.3. The van der Waals surface area contributed by atoms with Crippen molar-refractivity contribution in [3.05, 3.63) is 64.7 Å². The summed E-state index contributed by atoms with van der Waals surface area (Å²) >= 11 is 6.05. The number of nitrogens with zero attached hydrogens (tertiary/aromatic N) is 3. The van der Waals surface area contributed by atoms with Gasteiger partial charge in [-0.15, -0.1) is 0 Å². The molecule has 0 unspecified atom stereocenters. The van der Waals surface area contributed by atoms with E-state index in [4.69, 9.17) is 21.1 Å². The van der Waals surface area contributed by atoms with Crippen molar-refractivity contribution in [2.24, 2.45) is 5.10 Å². The monoisotopic (exact) mass is 443 g/mol. The van der Waals surface area contributed by atoms with Crippen molar-refractivity contribution in [2.75, 3.05) is 33.9 Å². The van der Waals surface area contributed by atoms with Crippen LogP contribution in [0.2, 0.25) is 5.02 Å². The van der Waals surface area contributed by atoms with Gasteiger partial charge in [0, 0.05) is 32.0 Å². The molecule has 0 radical (unpaired) electrons. The molecule has 0 spiro atoms. The zero-order valence-corrected chi connectivity index (χ0v) is 18.6. The zero-order valence-electron chi connectivity index (χ0n) is 17.9. The molecule has 2 amide bonds. The van der Waals surface area contributed by atoms with Gasteiger partial charge in [0.05, 0.1) is 25.5 Å². The first-order valence-electron chi connectivity index (χ1n) is 9.96. The van der Waals surface area contributed by atoms with Crippen LogP contribution >= 0.6 is 11.6 Å². The number of benzene rings is 2. The third-order valence-electron chi connectivity index (χ3n) is 5.18. The molecule has 1 aliphatic heterocycles. The summed E-state index contributed by atoms with van der Waals surface area (Å²) < 4.78 is 10.3. The van der Waals surface area contributed by atoms with Crippen molar-refractivity contribution in [1.82, 2.24) is 9.91 Å². The van der Waals surface area contributed by atoms with Crippen LogP contribution in [-0.2, 0) is 14.3 Å². The molecule has 0 saturated heterocycles. The lowest BCUT2D eigenvalue weighted by Crippen LogP contribution is -2.41. The highest BCUT2D eigenvalue weighted by atomic mass is 35.5. The maximum Gasteiger partial charge on any atom is 0.262 e. The average molecular weight is 444 g/mol. The number of hydrogen-bond donors (Lipinski definition) is 0. The van der Waals surface area contributed by atoms with Gasteiger partial charge in [-0.25, -0.2) is 5.01 Å². The molecule has 2 aromatic rings. The number of carbonyl (C=O) groups excluding carboxylic acids is 2. The quantitative estimate of drug-likeness (QED) is 0.625. The van der Waals surface area contributed by atoms with Gasteiger partial charge in [0.25, 0.3) is 5.91 Å². The van der Waals surface area contributed by atoms with Gasteiger partial charge in [0.15, 0.2) is 0 Å². The molecule has 0 aliphatic carbocycles. The van der Waals surface area contributed by atoms with Crippen LogP contribution in [0.5, 0.6) is 5.75 Å². The van der Waals surface area contributed by atoms with Crippen LogP contribution in [0.25, 0.3) is 0 Å². The summed E-state index contributed by atoms with van der Waals surface area (Å²) in [4.78, 5) is 26.6. The van der Waals surface area contributed by atoms with E-state index in [2.05, 4.69) is 5.10 Å². The Morgan fingerprint density at radius 3 is 2.39 bits per heavy atom. The molecule has 31 heavy (non-hydrogen) atoms. The van der Waals surface area contributed by atoms with Crippen molar-refractivity contribution < 1.29 is 19.1 Å². The summed E-state index contributed by atoms with van der Waals surface area (Å²) in [6.45, 7) is 2.07. The molecular formula is C23H26ClN3O4. The smallest absolute Gasteiger partial charge is 0.262 e. The third kappa shape index (κ3) is 5.62.